The first-order valence-electron chi connectivity index (χ1n) is 6.61. The Balaban J connectivity index is 2.06. The van der Waals surface area contributed by atoms with Crippen LogP contribution in [-0.2, 0) is 0 Å². The lowest BCUT2D eigenvalue weighted by atomic mass is 9.79. The second-order valence-electron chi connectivity index (χ2n) is 5.44. The number of aromatic nitrogens is 2. The summed E-state index contributed by atoms with van der Waals surface area (Å²) in [5.41, 5.74) is 1.27. The minimum absolute atomic E-state index is 0.433. The van der Waals surface area contributed by atoms with E-state index in [2.05, 4.69) is 35.2 Å². The fourth-order valence-corrected chi connectivity index (χ4v) is 2.55. The maximum atomic E-state index is 8.90. The van der Waals surface area contributed by atoms with Gasteiger partial charge in [-0.15, -0.1) is 0 Å². The van der Waals surface area contributed by atoms with E-state index in [1.54, 1.807) is 6.07 Å². The zero-order valence-electron chi connectivity index (χ0n) is 11.3. The normalized spacial score (nSPS) is 27.6. The summed E-state index contributed by atoms with van der Waals surface area (Å²) < 4.78 is 0. The van der Waals surface area contributed by atoms with Crippen molar-refractivity contribution in [3.63, 3.8) is 0 Å². The summed E-state index contributed by atoms with van der Waals surface area (Å²) in [4.78, 5) is 8.55. The van der Waals surface area contributed by atoms with Gasteiger partial charge in [0.25, 0.3) is 0 Å². The van der Waals surface area contributed by atoms with Crippen molar-refractivity contribution in [2.75, 3.05) is 5.32 Å². The molecule has 96 valence electrons. The number of nitrogens with one attached hydrogen (secondary N) is 1. The first-order valence-corrected chi connectivity index (χ1v) is 6.61. The van der Waals surface area contributed by atoms with Crippen LogP contribution in [0.5, 0.6) is 0 Å². The fourth-order valence-electron chi connectivity index (χ4n) is 2.55. The van der Waals surface area contributed by atoms with Gasteiger partial charge in [-0.3, -0.25) is 0 Å². The molecule has 2 rings (SSSR count). The lowest BCUT2D eigenvalue weighted by Gasteiger charge is -2.32. The Morgan fingerprint density at radius 2 is 2.06 bits per heavy atom. The molecule has 0 spiro atoms. The van der Waals surface area contributed by atoms with Crippen LogP contribution in [0.1, 0.15) is 44.5 Å². The molecule has 0 radical (unpaired) electrons. The van der Waals surface area contributed by atoms with Crippen molar-refractivity contribution in [3.8, 4) is 6.07 Å². The Morgan fingerprint density at radius 1 is 1.28 bits per heavy atom. The molecule has 1 aliphatic rings. The van der Waals surface area contributed by atoms with Gasteiger partial charge in [-0.25, -0.2) is 9.97 Å². The summed E-state index contributed by atoms with van der Waals surface area (Å²) in [6.07, 6.45) is 3.56. The Labute approximate surface area is 108 Å². The van der Waals surface area contributed by atoms with Gasteiger partial charge in [-0.05, 0) is 44.1 Å². The molecule has 0 bridgehead atoms. The van der Waals surface area contributed by atoms with Crippen molar-refractivity contribution in [1.82, 2.24) is 9.97 Å². The Morgan fingerprint density at radius 3 is 2.72 bits per heavy atom. The van der Waals surface area contributed by atoms with Gasteiger partial charge in [0.1, 0.15) is 11.8 Å². The quantitative estimate of drug-likeness (QED) is 0.869. The molecule has 1 aromatic heterocycles. The van der Waals surface area contributed by atoms with Crippen LogP contribution in [0.25, 0.3) is 0 Å². The SMILES string of the molecule is Cc1cc(C#N)nc(NC2CCC(C)C(C)C2)n1. The number of hydrogen-bond acceptors (Lipinski definition) is 4. The highest BCUT2D eigenvalue weighted by Gasteiger charge is 2.24. The van der Waals surface area contributed by atoms with Gasteiger partial charge < -0.3 is 5.32 Å². The van der Waals surface area contributed by atoms with Crippen molar-refractivity contribution in [1.29, 1.82) is 5.26 Å². The number of nitriles is 1. The Hall–Kier alpha value is -1.63. The van der Waals surface area contributed by atoms with Gasteiger partial charge in [-0.1, -0.05) is 13.8 Å². The molecule has 1 aromatic rings. The van der Waals surface area contributed by atoms with Crippen molar-refractivity contribution in [3.05, 3.63) is 17.5 Å². The highest BCUT2D eigenvalue weighted by Crippen LogP contribution is 2.30. The molecule has 0 aromatic carbocycles. The third-order valence-corrected chi connectivity index (χ3v) is 3.90. The Kier molecular flexibility index (Phi) is 3.81. The third-order valence-electron chi connectivity index (χ3n) is 3.90. The second kappa shape index (κ2) is 5.34. The highest BCUT2D eigenvalue weighted by atomic mass is 15.1. The largest absolute Gasteiger partial charge is 0.351 e. The molecule has 1 heterocycles. The molecule has 1 fully saturated rings. The Bertz CT molecular complexity index is 463. The van der Waals surface area contributed by atoms with Crippen LogP contribution < -0.4 is 5.32 Å². The lowest BCUT2D eigenvalue weighted by molar-refractivity contribution is 0.260. The molecular weight excluding hydrogens is 224 g/mol. The average Bonchev–Trinajstić information content (AvgIpc) is 2.33. The van der Waals surface area contributed by atoms with Crippen molar-refractivity contribution >= 4 is 5.95 Å². The van der Waals surface area contributed by atoms with E-state index in [0.29, 0.717) is 17.7 Å². The van der Waals surface area contributed by atoms with Crippen molar-refractivity contribution in [2.45, 2.75) is 46.1 Å². The van der Waals surface area contributed by atoms with E-state index in [1.165, 1.54) is 6.42 Å². The van der Waals surface area contributed by atoms with E-state index in [9.17, 15) is 0 Å². The molecule has 3 unspecified atom stereocenters. The zero-order chi connectivity index (χ0) is 13.1. The van der Waals surface area contributed by atoms with Gasteiger partial charge in [0.05, 0.1) is 0 Å². The summed E-state index contributed by atoms with van der Waals surface area (Å²) in [5, 5.41) is 12.3. The smallest absolute Gasteiger partial charge is 0.224 e. The van der Waals surface area contributed by atoms with E-state index >= 15 is 0 Å². The van der Waals surface area contributed by atoms with Crippen LogP contribution >= 0.6 is 0 Å². The summed E-state index contributed by atoms with van der Waals surface area (Å²) in [6.45, 7) is 6.51. The highest BCUT2D eigenvalue weighted by molar-refractivity contribution is 5.33. The number of anilines is 1. The van der Waals surface area contributed by atoms with Crippen molar-refractivity contribution in [2.24, 2.45) is 11.8 Å². The van der Waals surface area contributed by atoms with E-state index in [4.69, 9.17) is 5.26 Å². The standard InChI is InChI=1S/C14H20N4/c1-9-4-5-12(6-10(9)2)17-14-16-11(3)7-13(8-15)18-14/h7,9-10,12H,4-6H2,1-3H3,(H,16,17,18). The topological polar surface area (TPSA) is 61.6 Å². The predicted molar refractivity (Wildman–Crippen MR) is 71.1 cm³/mol. The average molecular weight is 244 g/mol. The van der Waals surface area contributed by atoms with Gasteiger partial charge in [-0.2, -0.15) is 5.26 Å². The molecule has 1 N–H and O–H groups in total. The number of aryl methyl sites for hydroxylation is 1. The first-order chi connectivity index (χ1) is 8.58. The van der Waals surface area contributed by atoms with Crippen LogP contribution in [0.4, 0.5) is 5.95 Å². The second-order valence-corrected chi connectivity index (χ2v) is 5.44. The van der Waals surface area contributed by atoms with Crippen LogP contribution in [0.15, 0.2) is 6.07 Å². The van der Waals surface area contributed by atoms with Crippen LogP contribution in [0, 0.1) is 30.1 Å². The van der Waals surface area contributed by atoms with E-state index < -0.39 is 0 Å². The monoisotopic (exact) mass is 244 g/mol. The molecule has 1 saturated carbocycles. The molecule has 0 aliphatic heterocycles. The molecule has 4 nitrogen and oxygen atoms in total. The maximum absolute atomic E-state index is 8.90. The van der Waals surface area contributed by atoms with Gasteiger partial charge in [0.15, 0.2) is 0 Å². The number of hydrogen-bond donors (Lipinski definition) is 1. The van der Waals surface area contributed by atoms with Gasteiger partial charge >= 0.3 is 0 Å². The molecule has 0 saturated heterocycles. The van der Waals surface area contributed by atoms with Crippen LogP contribution in [0.3, 0.4) is 0 Å². The molecule has 4 heteroatoms. The molecule has 18 heavy (non-hydrogen) atoms. The molecular formula is C14H20N4. The van der Waals surface area contributed by atoms with Crippen LogP contribution in [0.2, 0.25) is 0 Å². The molecule has 0 amide bonds. The van der Waals surface area contributed by atoms with Crippen LogP contribution in [-0.4, -0.2) is 16.0 Å². The van der Waals surface area contributed by atoms with E-state index in [1.807, 2.05) is 6.92 Å². The van der Waals surface area contributed by atoms with Gasteiger partial charge in [0.2, 0.25) is 5.95 Å². The summed E-state index contributed by atoms with van der Waals surface area (Å²) >= 11 is 0. The molecule has 1 aliphatic carbocycles. The van der Waals surface area contributed by atoms with E-state index in [0.717, 1.165) is 30.4 Å². The summed E-state index contributed by atoms with van der Waals surface area (Å²) in [6, 6.07) is 4.21. The van der Waals surface area contributed by atoms with Gasteiger partial charge in [0, 0.05) is 11.7 Å². The minimum Gasteiger partial charge on any atom is -0.351 e. The fraction of sp³-hybridized carbons (Fsp3) is 0.643. The molecule has 3 atom stereocenters. The minimum atomic E-state index is 0.433. The maximum Gasteiger partial charge on any atom is 0.224 e. The predicted octanol–water partition coefficient (Wildman–Crippen LogP) is 2.89. The number of rotatable bonds is 2. The summed E-state index contributed by atoms with van der Waals surface area (Å²) in [5.74, 6) is 2.13. The number of nitrogens with zero attached hydrogens (tertiary/aromatic N) is 3. The zero-order valence-corrected chi connectivity index (χ0v) is 11.3. The third kappa shape index (κ3) is 2.98. The first kappa shape index (κ1) is 12.8. The van der Waals surface area contributed by atoms with E-state index in [-0.39, 0.29) is 0 Å². The lowest BCUT2D eigenvalue weighted by Crippen LogP contribution is -2.31. The van der Waals surface area contributed by atoms with Crippen molar-refractivity contribution < 1.29 is 0 Å². The summed E-state index contributed by atoms with van der Waals surface area (Å²) in [7, 11) is 0.